The third-order valence-electron chi connectivity index (χ3n) is 4.10. The Labute approximate surface area is 164 Å². The van der Waals surface area contributed by atoms with Crippen molar-refractivity contribution in [2.75, 3.05) is 0 Å². The monoisotopic (exact) mass is 435 g/mol. The number of fused-ring (bicyclic) bond motifs is 1. The van der Waals surface area contributed by atoms with E-state index in [2.05, 4.69) is 21.0 Å². The van der Waals surface area contributed by atoms with Crippen LogP contribution in [0.5, 0.6) is 0 Å². The van der Waals surface area contributed by atoms with Crippen LogP contribution >= 0.6 is 15.9 Å². The number of benzene rings is 2. The van der Waals surface area contributed by atoms with E-state index in [1.807, 2.05) is 13.8 Å². The molecule has 142 valence electrons. The number of carbonyl (C=O) groups is 1. The van der Waals surface area contributed by atoms with Gasteiger partial charge in [0.15, 0.2) is 0 Å². The molecule has 0 bridgehead atoms. The van der Waals surface area contributed by atoms with Crippen LogP contribution in [0.2, 0.25) is 0 Å². The number of hydrogen-bond donors (Lipinski definition) is 0. The van der Waals surface area contributed by atoms with Gasteiger partial charge >= 0.3 is 0 Å². The van der Waals surface area contributed by atoms with Gasteiger partial charge in [-0.25, -0.2) is 4.39 Å². The third-order valence-corrected chi connectivity index (χ3v) is 4.87. The zero-order valence-electron chi connectivity index (χ0n) is 15.6. The van der Waals surface area contributed by atoms with Crippen LogP contribution in [0.15, 0.2) is 28.7 Å². The summed E-state index contributed by atoms with van der Waals surface area (Å²) >= 11 is 3.33. The van der Waals surface area contributed by atoms with Crippen molar-refractivity contribution >= 4 is 38.3 Å². The molecule has 1 aromatic heterocycles. The average molecular weight is 436 g/mol. The lowest BCUT2D eigenvalue weighted by Gasteiger charge is -2.10. The van der Waals surface area contributed by atoms with E-state index in [9.17, 15) is 19.3 Å². The summed E-state index contributed by atoms with van der Waals surface area (Å²) in [6, 6.07) is 5.13. The van der Waals surface area contributed by atoms with E-state index in [4.69, 9.17) is 0 Å². The number of nitrogens with zero attached hydrogens (tertiary/aromatic N) is 3. The molecule has 0 radical (unpaired) electrons. The minimum absolute atomic E-state index is 0.0852. The van der Waals surface area contributed by atoms with E-state index in [-0.39, 0.29) is 21.3 Å². The first-order valence-electron chi connectivity index (χ1n) is 8.33. The Hall–Kier alpha value is -2.61. The molecule has 0 fully saturated rings. The Morgan fingerprint density at radius 3 is 2.48 bits per heavy atom. The predicted molar refractivity (Wildman–Crippen MR) is 106 cm³/mol. The van der Waals surface area contributed by atoms with Gasteiger partial charge in [-0.1, -0.05) is 19.9 Å². The molecule has 0 atom stereocenters. The van der Waals surface area contributed by atoms with Crippen molar-refractivity contribution < 1.29 is 14.1 Å². The Balaban J connectivity index is 0.00000126. The highest BCUT2D eigenvalue weighted by molar-refractivity contribution is 9.10. The molecule has 0 amide bonds. The van der Waals surface area contributed by atoms with Crippen LogP contribution < -0.4 is 0 Å². The number of nitro benzene ring substituents is 1. The van der Waals surface area contributed by atoms with Crippen LogP contribution in [0.25, 0.3) is 10.9 Å². The average Bonchev–Trinajstić information content (AvgIpc) is 2.92. The predicted octanol–water partition coefficient (Wildman–Crippen LogP) is 5.26. The molecule has 0 saturated carbocycles. The fourth-order valence-electron chi connectivity index (χ4n) is 2.88. The molecule has 3 rings (SSSR count). The maximum atomic E-state index is 13.6. The summed E-state index contributed by atoms with van der Waals surface area (Å²) in [4.78, 5) is 23.9. The normalized spacial score (nSPS) is 10.5. The number of aryl methyl sites for hydroxylation is 3. The van der Waals surface area contributed by atoms with Crippen LogP contribution in [0.4, 0.5) is 10.1 Å². The molecule has 2 aromatic carbocycles. The van der Waals surface area contributed by atoms with E-state index in [0.29, 0.717) is 22.2 Å². The number of ketones is 1. The molecule has 0 aliphatic rings. The summed E-state index contributed by atoms with van der Waals surface area (Å²) in [5.74, 6) is -1.19. The van der Waals surface area contributed by atoms with E-state index in [1.165, 1.54) is 18.2 Å². The number of aromatic nitrogens is 2. The molecule has 0 N–H and O–H groups in total. The second-order valence-electron chi connectivity index (χ2n) is 5.74. The zero-order chi connectivity index (χ0) is 20.5. The van der Waals surface area contributed by atoms with Crippen LogP contribution in [-0.4, -0.2) is 20.5 Å². The van der Waals surface area contributed by atoms with E-state index >= 15 is 0 Å². The van der Waals surface area contributed by atoms with E-state index in [0.717, 1.165) is 6.07 Å². The largest absolute Gasteiger partial charge is 0.288 e. The quantitative estimate of drug-likeness (QED) is 0.319. The van der Waals surface area contributed by atoms with Gasteiger partial charge in [-0.15, -0.1) is 0 Å². The lowest BCUT2D eigenvalue weighted by molar-refractivity contribution is -0.385. The Morgan fingerprint density at radius 1 is 1.26 bits per heavy atom. The van der Waals surface area contributed by atoms with Crippen LogP contribution in [-0.2, 0) is 7.05 Å². The molecule has 1 heterocycles. The van der Waals surface area contributed by atoms with Gasteiger partial charge in [0, 0.05) is 24.1 Å². The molecule has 3 aromatic rings. The Morgan fingerprint density at radius 2 is 1.89 bits per heavy atom. The van der Waals surface area contributed by atoms with Gasteiger partial charge in [0.2, 0.25) is 5.78 Å². The van der Waals surface area contributed by atoms with Crippen molar-refractivity contribution in [3.63, 3.8) is 0 Å². The lowest BCUT2D eigenvalue weighted by Crippen LogP contribution is -2.09. The first-order chi connectivity index (χ1) is 12.7. The molecule has 0 unspecified atom stereocenters. The number of hydrogen-bond acceptors (Lipinski definition) is 4. The SMILES string of the molecule is CC.Cc1ccc(F)cc1C(=O)c1c([N+](=O)[O-])cc2c(C)nn(C)c2c1Br. The summed E-state index contributed by atoms with van der Waals surface area (Å²) in [5, 5.41) is 16.4. The van der Waals surface area contributed by atoms with Crippen molar-refractivity contribution in [3.05, 3.63) is 67.1 Å². The maximum absolute atomic E-state index is 13.6. The minimum atomic E-state index is -0.615. The van der Waals surface area contributed by atoms with Gasteiger partial charge in [-0.3, -0.25) is 19.6 Å². The summed E-state index contributed by atoms with van der Waals surface area (Å²) in [7, 11) is 1.69. The fraction of sp³-hybridized carbons (Fsp3) is 0.263. The van der Waals surface area contributed by atoms with Gasteiger partial charge in [0.1, 0.15) is 11.4 Å². The highest BCUT2D eigenvalue weighted by Crippen LogP contribution is 2.37. The summed E-state index contributed by atoms with van der Waals surface area (Å²) < 4.78 is 15.4. The maximum Gasteiger partial charge on any atom is 0.282 e. The second kappa shape index (κ2) is 7.96. The molecule has 8 heteroatoms. The molecular weight excluding hydrogens is 417 g/mol. The molecular formula is C19H19BrFN3O3. The fourth-order valence-corrected chi connectivity index (χ4v) is 3.73. The van der Waals surface area contributed by atoms with E-state index in [1.54, 1.807) is 25.6 Å². The number of carbonyl (C=O) groups excluding carboxylic acids is 1. The number of nitro groups is 1. The first kappa shape index (κ1) is 20.7. The number of halogens is 2. The molecule has 27 heavy (non-hydrogen) atoms. The van der Waals surface area contributed by atoms with Gasteiger partial charge in [-0.05, 0) is 47.5 Å². The molecule has 6 nitrogen and oxygen atoms in total. The highest BCUT2D eigenvalue weighted by Gasteiger charge is 2.29. The van der Waals surface area contributed by atoms with Gasteiger partial charge in [-0.2, -0.15) is 5.10 Å². The molecule has 0 aliphatic heterocycles. The van der Waals surface area contributed by atoms with Crippen molar-refractivity contribution in [1.82, 2.24) is 9.78 Å². The van der Waals surface area contributed by atoms with Crippen LogP contribution in [0.3, 0.4) is 0 Å². The standard InChI is InChI=1S/C17H13BrFN3O3.C2H6/c1-8-4-5-10(19)6-11(8)17(23)14-13(22(24)25)7-12-9(2)20-21(3)16(12)15(14)18;1-2/h4-7H,1-3H3;1-2H3. The smallest absolute Gasteiger partial charge is 0.282 e. The van der Waals surface area contributed by atoms with Gasteiger partial charge < -0.3 is 0 Å². The topological polar surface area (TPSA) is 78.0 Å². The number of rotatable bonds is 3. The van der Waals surface area contributed by atoms with Crippen molar-refractivity contribution in [1.29, 1.82) is 0 Å². The lowest BCUT2D eigenvalue weighted by atomic mass is 9.96. The van der Waals surface area contributed by atoms with Crippen LogP contribution in [0, 0.1) is 29.8 Å². The van der Waals surface area contributed by atoms with Crippen molar-refractivity contribution in [2.45, 2.75) is 27.7 Å². The highest BCUT2D eigenvalue weighted by atomic mass is 79.9. The van der Waals surface area contributed by atoms with Gasteiger partial charge in [0.25, 0.3) is 5.69 Å². The third kappa shape index (κ3) is 3.62. The van der Waals surface area contributed by atoms with Gasteiger partial charge in [0.05, 0.1) is 20.6 Å². The van der Waals surface area contributed by atoms with E-state index < -0.39 is 16.5 Å². The molecule has 0 aliphatic carbocycles. The summed E-state index contributed by atoms with van der Waals surface area (Å²) in [5.41, 5.74) is 1.34. The Bertz CT molecular complexity index is 1060. The zero-order valence-corrected chi connectivity index (χ0v) is 17.2. The summed E-state index contributed by atoms with van der Waals surface area (Å²) in [6.07, 6.45) is 0. The Kier molecular flexibility index (Phi) is 6.10. The molecule has 0 spiro atoms. The van der Waals surface area contributed by atoms with Crippen molar-refractivity contribution in [3.8, 4) is 0 Å². The van der Waals surface area contributed by atoms with Crippen LogP contribution in [0.1, 0.15) is 41.0 Å². The first-order valence-corrected chi connectivity index (χ1v) is 9.12. The summed E-state index contributed by atoms with van der Waals surface area (Å²) in [6.45, 7) is 7.38. The molecule has 0 saturated heterocycles. The van der Waals surface area contributed by atoms with Crippen molar-refractivity contribution in [2.24, 2.45) is 7.05 Å². The second-order valence-corrected chi connectivity index (χ2v) is 6.53. The minimum Gasteiger partial charge on any atom is -0.288 e.